The summed E-state index contributed by atoms with van der Waals surface area (Å²) < 4.78 is 0. The summed E-state index contributed by atoms with van der Waals surface area (Å²) >= 11 is 0. The summed E-state index contributed by atoms with van der Waals surface area (Å²) in [5, 5.41) is 0. The number of likely N-dealkylation sites (N-methyl/N-ethyl adjacent to an activating group) is 1. The molecule has 1 atom stereocenters. The average Bonchev–Trinajstić information content (AvgIpc) is 2.27. The van der Waals surface area contributed by atoms with E-state index in [0.29, 0.717) is 17.9 Å². The fourth-order valence-electron chi connectivity index (χ4n) is 2.21. The molecule has 1 unspecified atom stereocenters. The van der Waals surface area contributed by atoms with Gasteiger partial charge in [0.05, 0.1) is 6.54 Å². The van der Waals surface area contributed by atoms with Crippen LogP contribution in [0.25, 0.3) is 0 Å². The highest BCUT2D eigenvalue weighted by atomic mass is 16.2. The minimum atomic E-state index is 0.258. The molecule has 0 N–H and O–H groups in total. The Morgan fingerprint density at radius 1 is 1.16 bits per heavy atom. The Hall–Kier alpha value is -0.610. The van der Waals surface area contributed by atoms with Crippen LogP contribution in [0.5, 0.6) is 0 Å². The van der Waals surface area contributed by atoms with E-state index in [2.05, 4.69) is 32.6 Å². The predicted octanol–water partition coefficient (Wildman–Crippen LogP) is 1.37. The van der Waals surface area contributed by atoms with Gasteiger partial charge in [-0.1, -0.05) is 27.7 Å². The number of carbonyl (C=O) groups is 1. The summed E-state index contributed by atoms with van der Waals surface area (Å²) in [4.78, 5) is 18.4. The maximum atomic E-state index is 12.0. The molecule has 4 nitrogen and oxygen atoms in total. The first-order valence-electron chi connectivity index (χ1n) is 7.35. The first-order valence-corrected chi connectivity index (χ1v) is 7.35. The Morgan fingerprint density at radius 3 is 2.11 bits per heavy atom. The van der Waals surface area contributed by atoms with E-state index in [0.717, 1.165) is 32.7 Å². The minimum Gasteiger partial charge on any atom is -0.339 e. The monoisotopic (exact) mass is 269 g/mol. The van der Waals surface area contributed by atoms with E-state index in [-0.39, 0.29) is 5.91 Å². The van der Waals surface area contributed by atoms with Gasteiger partial charge >= 0.3 is 0 Å². The lowest BCUT2D eigenvalue weighted by atomic mass is 9.82. The van der Waals surface area contributed by atoms with Gasteiger partial charge in [0.25, 0.3) is 0 Å². The third-order valence-corrected chi connectivity index (χ3v) is 4.19. The van der Waals surface area contributed by atoms with Crippen LogP contribution in [0.2, 0.25) is 0 Å². The molecule has 0 radical (unpaired) electrons. The van der Waals surface area contributed by atoms with Crippen LogP contribution in [0.15, 0.2) is 0 Å². The molecular formula is C15H31N3O. The van der Waals surface area contributed by atoms with E-state index in [1.165, 1.54) is 0 Å². The SMILES string of the molecule is CC(CN1CCN(C(=O)CN(C)C)CC1)C(C)(C)C. The van der Waals surface area contributed by atoms with Crippen LogP contribution in [0, 0.1) is 11.3 Å². The number of nitrogens with zero attached hydrogens (tertiary/aromatic N) is 3. The van der Waals surface area contributed by atoms with Crippen molar-refractivity contribution in [1.29, 1.82) is 0 Å². The topological polar surface area (TPSA) is 26.8 Å². The van der Waals surface area contributed by atoms with Gasteiger partial charge in [-0.25, -0.2) is 0 Å². The van der Waals surface area contributed by atoms with Gasteiger partial charge in [0.1, 0.15) is 0 Å². The summed E-state index contributed by atoms with van der Waals surface area (Å²) in [6.07, 6.45) is 0. The van der Waals surface area contributed by atoms with Gasteiger partial charge in [-0.15, -0.1) is 0 Å². The Kier molecular flexibility index (Phi) is 5.81. The van der Waals surface area contributed by atoms with Crippen molar-refractivity contribution in [3.63, 3.8) is 0 Å². The maximum Gasteiger partial charge on any atom is 0.236 e. The van der Waals surface area contributed by atoms with Crippen molar-refractivity contribution in [2.24, 2.45) is 11.3 Å². The lowest BCUT2D eigenvalue weighted by Gasteiger charge is -2.38. The summed E-state index contributed by atoms with van der Waals surface area (Å²) in [5.74, 6) is 0.935. The van der Waals surface area contributed by atoms with E-state index in [9.17, 15) is 4.79 Å². The molecule has 1 aliphatic heterocycles. The van der Waals surface area contributed by atoms with Crippen LogP contribution in [0.3, 0.4) is 0 Å². The second-order valence-corrected chi connectivity index (χ2v) is 7.19. The smallest absolute Gasteiger partial charge is 0.236 e. The van der Waals surface area contributed by atoms with Crippen molar-refractivity contribution >= 4 is 5.91 Å². The molecule has 0 aromatic heterocycles. The summed E-state index contributed by atoms with van der Waals surface area (Å²) in [5.41, 5.74) is 0.359. The summed E-state index contributed by atoms with van der Waals surface area (Å²) in [6, 6.07) is 0. The fraction of sp³-hybridized carbons (Fsp3) is 0.933. The van der Waals surface area contributed by atoms with E-state index in [1.807, 2.05) is 23.9 Å². The highest BCUT2D eigenvalue weighted by Crippen LogP contribution is 2.26. The third-order valence-electron chi connectivity index (χ3n) is 4.19. The van der Waals surface area contributed by atoms with Crippen LogP contribution >= 0.6 is 0 Å². The highest BCUT2D eigenvalue weighted by molar-refractivity contribution is 5.78. The molecule has 1 saturated heterocycles. The number of piperazine rings is 1. The second kappa shape index (κ2) is 6.71. The van der Waals surface area contributed by atoms with Crippen molar-refractivity contribution in [2.75, 3.05) is 53.4 Å². The predicted molar refractivity (Wildman–Crippen MR) is 80.2 cm³/mol. The van der Waals surface area contributed by atoms with Crippen molar-refractivity contribution in [2.45, 2.75) is 27.7 Å². The lowest BCUT2D eigenvalue weighted by Crippen LogP contribution is -2.51. The molecule has 0 bridgehead atoms. The molecule has 0 aliphatic carbocycles. The van der Waals surface area contributed by atoms with E-state index in [1.54, 1.807) is 0 Å². The Morgan fingerprint density at radius 2 is 1.68 bits per heavy atom. The first-order chi connectivity index (χ1) is 8.70. The zero-order valence-electron chi connectivity index (χ0n) is 13.6. The molecule has 1 heterocycles. The van der Waals surface area contributed by atoms with Crippen LogP contribution in [0.1, 0.15) is 27.7 Å². The first kappa shape index (κ1) is 16.4. The van der Waals surface area contributed by atoms with Gasteiger partial charge in [-0.2, -0.15) is 0 Å². The van der Waals surface area contributed by atoms with Crippen LogP contribution < -0.4 is 0 Å². The molecule has 0 spiro atoms. The third kappa shape index (κ3) is 5.49. The quantitative estimate of drug-likeness (QED) is 0.771. The van der Waals surface area contributed by atoms with Crippen molar-refractivity contribution < 1.29 is 4.79 Å². The number of hydrogen-bond donors (Lipinski definition) is 0. The van der Waals surface area contributed by atoms with Crippen molar-refractivity contribution in [3.8, 4) is 0 Å². The Bertz CT molecular complexity index is 288. The summed E-state index contributed by atoms with van der Waals surface area (Å²) in [6.45, 7) is 14.7. The van der Waals surface area contributed by atoms with Crippen molar-refractivity contribution in [1.82, 2.24) is 14.7 Å². The molecule has 0 aromatic carbocycles. The molecule has 1 fully saturated rings. The summed E-state index contributed by atoms with van der Waals surface area (Å²) in [7, 11) is 3.89. The van der Waals surface area contributed by atoms with E-state index >= 15 is 0 Å². The van der Waals surface area contributed by atoms with E-state index in [4.69, 9.17) is 0 Å². The van der Waals surface area contributed by atoms with Gasteiger partial charge in [0.15, 0.2) is 0 Å². The largest absolute Gasteiger partial charge is 0.339 e. The van der Waals surface area contributed by atoms with Crippen LogP contribution in [-0.4, -0.2) is 74.0 Å². The molecule has 4 heteroatoms. The Balaban J connectivity index is 2.35. The maximum absolute atomic E-state index is 12.0. The fourth-order valence-corrected chi connectivity index (χ4v) is 2.21. The normalized spacial score (nSPS) is 19.8. The van der Waals surface area contributed by atoms with Crippen molar-refractivity contribution in [3.05, 3.63) is 0 Å². The van der Waals surface area contributed by atoms with Gasteiger partial charge in [-0.3, -0.25) is 9.69 Å². The molecule has 112 valence electrons. The van der Waals surface area contributed by atoms with Crippen LogP contribution in [0.4, 0.5) is 0 Å². The second-order valence-electron chi connectivity index (χ2n) is 7.19. The Labute approximate surface area is 118 Å². The minimum absolute atomic E-state index is 0.258. The van der Waals surface area contributed by atoms with Gasteiger partial charge in [0.2, 0.25) is 5.91 Å². The number of amides is 1. The zero-order chi connectivity index (χ0) is 14.6. The van der Waals surface area contributed by atoms with Gasteiger partial charge in [0, 0.05) is 32.7 Å². The molecule has 1 aliphatic rings. The average molecular weight is 269 g/mol. The zero-order valence-corrected chi connectivity index (χ0v) is 13.6. The van der Waals surface area contributed by atoms with E-state index < -0.39 is 0 Å². The lowest BCUT2D eigenvalue weighted by molar-refractivity contribution is -0.133. The highest BCUT2D eigenvalue weighted by Gasteiger charge is 2.26. The van der Waals surface area contributed by atoms with Gasteiger partial charge < -0.3 is 9.80 Å². The molecular weight excluding hydrogens is 238 g/mol. The molecule has 1 rings (SSSR count). The number of rotatable bonds is 4. The molecule has 19 heavy (non-hydrogen) atoms. The number of carbonyl (C=O) groups excluding carboxylic acids is 1. The van der Waals surface area contributed by atoms with Crippen LogP contribution in [-0.2, 0) is 4.79 Å². The molecule has 0 aromatic rings. The van der Waals surface area contributed by atoms with Gasteiger partial charge in [-0.05, 0) is 25.4 Å². The molecule has 0 saturated carbocycles. The standard InChI is InChI=1S/C15H31N3O/c1-13(15(2,3)4)11-17-7-9-18(10-8-17)14(19)12-16(5)6/h13H,7-12H2,1-6H3. The molecule has 1 amide bonds. The number of hydrogen-bond acceptors (Lipinski definition) is 3.